The van der Waals surface area contributed by atoms with Crippen LogP contribution in [-0.2, 0) is 28.6 Å². The highest BCUT2D eigenvalue weighted by Crippen LogP contribution is 2.14. The van der Waals surface area contributed by atoms with Crippen LogP contribution in [0.4, 0.5) is 0 Å². The summed E-state index contributed by atoms with van der Waals surface area (Å²) in [5.74, 6) is -0.964. The summed E-state index contributed by atoms with van der Waals surface area (Å²) in [6, 6.07) is 0. The van der Waals surface area contributed by atoms with Crippen molar-refractivity contribution in [1.82, 2.24) is 0 Å². The number of unbranched alkanes of at least 4 members (excludes halogenated alkanes) is 24. The van der Waals surface area contributed by atoms with Crippen LogP contribution in [0.2, 0.25) is 0 Å². The van der Waals surface area contributed by atoms with Gasteiger partial charge < -0.3 is 14.2 Å². The van der Waals surface area contributed by atoms with Gasteiger partial charge in [0.2, 0.25) is 0 Å². The number of ether oxygens (including phenoxy) is 3. The molecule has 0 aromatic rings. The summed E-state index contributed by atoms with van der Waals surface area (Å²) in [6.07, 6.45) is 84.3. The van der Waals surface area contributed by atoms with E-state index in [1.54, 1.807) is 0 Å². The smallest absolute Gasteiger partial charge is 0.306 e. The second-order valence-electron chi connectivity index (χ2n) is 19.3. The van der Waals surface area contributed by atoms with E-state index in [1.807, 2.05) is 0 Å². The highest BCUT2D eigenvalue weighted by molar-refractivity contribution is 5.71. The minimum Gasteiger partial charge on any atom is -0.462 e. The topological polar surface area (TPSA) is 78.9 Å². The third-order valence-electron chi connectivity index (χ3n) is 12.3. The molecule has 0 aromatic carbocycles. The maximum Gasteiger partial charge on any atom is 0.306 e. The van der Waals surface area contributed by atoms with Gasteiger partial charge in [-0.15, -0.1) is 0 Å². The van der Waals surface area contributed by atoms with E-state index in [-0.39, 0.29) is 37.5 Å². The minimum atomic E-state index is -0.812. The monoisotopic (exact) mass is 1010 g/mol. The molecule has 0 spiro atoms. The Balaban J connectivity index is 4.54. The Morgan fingerprint density at radius 1 is 0.301 bits per heavy atom. The Kier molecular flexibility index (Phi) is 56.4. The first-order valence-corrected chi connectivity index (χ1v) is 29.8. The molecule has 1 unspecified atom stereocenters. The van der Waals surface area contributed by atoms with Crippen LogP contribution in [0.3, 0.4) is 0 Å². The first-order valence-electron chi connectivity index (χ1n) is 29.8. The molecule has 1 atom stereocenters. The number of carbonyl (C=O) groups is 3. The zero-order valence-corrected chi connectivity index (χ0v) is 47.1. The van der Waals surface area contributed by atoms with Gasteiger partial charge in [0.25, 0.3) is 0 Å². The van der Waals surface area contributed by atoms with Crippen molar-refractivity contribution in [3.05, 3.63) is 134 Å². The summed E-state index contributed by atoms with van der Waals surface area (Å²) in [4.78, 5) is 38.3. The van der Waals surface area contributed by atoms with E-state index in [2.05, 4.69) is 154 Å². The third kappa shape index (κ3) is 58.3. The van der Waals surface area contributed by atoms with Crippen molar-refractivity contribution in [2.45, 2.75) is 258 Å². The van der Waals surface area contributed by atoms with Gasteiger partial charge in [-0.05, 0) is 109 Å². The molecule has 6 nitrogen and oxygen atoms in total. The minimum absolute atomic E-state index is 0.107. The van der Waals surface area contributed by atoms with Crippen molar-refractivity contribution in [3.63, 3.8) is 0 Å². The van der Waals surface area contributed by atoms with Crippen LogP contribution in [-0.4, -0.2) is 37.2 Å². The van der Waals surface area contributed by atoms with Gasteiger partial charge in [0.15, 0.2) is 6.10 Å². The fourth-order valence-electron chi connectivity index (χ4n) is 7.80. The first-order chi connectivity index (χ1) is 36.0. The zero-order valence-electron chi connectivity index (χ0n) is 47.1. The normalized spacial score (nSPS) is 13.1. The van der Waals surface area contributed by atoms with Gasteiger partial charge in [-0.1, -0.05) is 257 Å². The van der Waals surface area contributed by atoms with E-state index in [0.717, 1.165) is 148 Å². The molecule has 6 heteroatoms. The third-order valence-corrected chi connectivity index (χ3v) is 12.3. The standard InChI is InChI=1S/C67H108O6/c1-4-7-10-13-16-19-22-25-28-31-34-37-39-42-45-48-51-54-57-60-66(69)72-63-64(73-67(70)61-58-55-52-49-46-43-40-36-33-30-27-24-21-18-15-12-9-6-3)62-71-65(68)59-56-53-50-47-44-41-38-35-32-29-26-23-20-17-14-11-8-5-2/h7,10,16,18-19,21,23-30,32-38,40,64H,4-6,8-9,11-15,17,20,22,31,39,41-63H2,1-3H3/b10-7-,19-16-,21-18-,26-23-,27-24-,28-25-,32-29-,33-30-,37-34-,38-35-,40-36-. The first kappa shape index (κ1) is 68.6. The van der Waals surface area contributed by atoms with Crippen molar-refractivity contribution in [1.29, 1.82) is 0 Å². The molecule has 0 aromatic heterocycles. The summed E-state index contributed by atoms with van der Waals surface area (Å²) in [5.41, 5.74) is 0. The van der Waals surface area contributed by atoms with E-state index in [4.69, 9.17) is 14.2 Å². The molecule has 0 heterocycles. The van der Waals surface area contributed by atoms with E-state index in [0.29, 0.717) is 12.8 Å². The maximum absolute atomic E-state index is 12.9. The molecular formula is C67H108O6. The van der Waals surface area contributed by atoms with Crippen LogP contribution in [0.15, 0.2) is 134 Å². The summed E-state index contributed by atoms with van der Waals surface area (Å²) in [7, 11) is 0. The summed E-state index contributed by atoms with van der Waals surface area (Å²) < 4.78 is 16.9. The average molecular weight is 1010 g/mol. The lowest BCUT2D eigenvalue weighted by Crippen LogP contribution is -2.30. The molecule has 0 amide bonds. The predicted octanol–water partition coefficient (Wildman–Crippen LogP) is 20.2. The van der Waals surface area contributed by atoms with Crippen LogP contribution in [0, 0.1) is 0 Å². The second kappa shape index (κ2) is 60.1. The number of rotatable bonds is 52. The van der Waals surface area contributed by atoms with Crippen molar-refractivity contribution >= 4 is 17.9 Å². The SMILES string of the molecule is CC/C=C\C/C=C\C/C=C\C/C=C\CCCCCCCCC(=O)OCC(COC(=O)CCCCCCC\C=C/C=C\C=C/CCCCCCC)OC(=O)CCCCCCC\C=C/C=C\C=C/C=C\CCCCC. The Bertz CT molecular complexity index is 1580. The Labute approximate surface area is 449 Å². The second-order valence-corrected chi connectivity index (χ2v) is 19.3. The fourth-order valence-corrected chi connectivity index (χ4v) is 7.80. The number of carbonyl (C=O) groups excluding carboxylic acids is 3. The molecule has 0 saturated heterocycles. The molecule has 0 rings (SSSR count). The average Bonchev–Trinajstić information content (AvgIpc) is 3.39. The van der Waals surface area contributed by atoms with E-state index >= 15 is 0 Å². The van der Waals surface area contributed by atoms with Crippen molar-refractivity contribution in [3.8, 4) is 0 Å². The van der Waals surface area contributed by atoms with Gasteiger partial charge in [-0.3, -0.25) is 14.4 Å². The Morgan fingerprint density at radius 2 is 0.589 bits per heavy atom. The molecule has 0 saturated carbocycles. The molecule has 0 aliphatic rings. The quantitative estimate of drug-likeness (QED) is 0.0199. The lowest BCUT2D eigenvalue weighted by atomic mass is 10.1. The molecule has 0 radical (unpaired) electrons. The zero-order chi connectivity index (χ0) is 52.9. The van der Waals surface area contributed by atoms with Gasteiger partial charge in [-0.25, -0.2) is 0 Å². The van der Waals surface area contributed by atoms with Gasteiger partial charge in [-0.2, -0.15) is 0 Å². The van der Waals surface area contributed by atoms with Crippen LogP contribution in [0.1, 0.15) is 252 Å². The highest BCUT2D eigenvalue weighted by Gasteiger charge is 2.19. The van der Waals surface area contributed by atoms with Gasteiger partial charge in [0.05, 0.1) is 0 Å². The summed E-state index contributed by atoms with van der Waals surface area (Å²) in [5, 5.41) is 0. The van der Waals surface area contributed by atoms with E-state index in [9.17, 15) is 14.4 Å². The van der Waals surface area contributed by atoms with Crippen LogP contribution in [0.25, 0.3) is 0 Å². The Morgan fingerprint density at radius 3 is 0.986 bits per heavy atom. The molecule has 73 heavy (non-hydrogen) atoms. The maximum atomic E-state index is 12.9. The summed E-state index contributed by atoms with van der Waals surface area (Å²) >= 11 is 0. The van der Waals surface area contributed by atoms with E-state index < -0.39 is 6.10 Å². The van der Waals surface area contributed by atoms with Crippen molar-refractivity contribution in [2.24, 2.45) is 0 Å². The van der Waals surface area contributed by atoms with E-state index in [1.165, 1.54) is 64.2 Å². The molecule has 0 aliphatic carbocycles. The Hall–Kier alpha value is -4.45. The van der Waals surface area contributed by atoms with Gasteiger partial charge in [0.1, 0.15) is 13.2 Å². The molecule has 0 bridgehead atoms. The predicted molar refractivity (Wildman–Crippen MR) is 316 cm³/mol. The largest absolute Gasteiger partial charge is 0.462 e. The summed E-state index contributed by atoms with van der Waals surface area (Å²) in [6.45, 7) is 6.42. The number of esters is 3. The van der Waals surface area contributed by atoms with Gasteiger partial charge in [0, 0.05) is 19.3 Å². The van der Waals surface area contributed by atoms with Crippen molar-refractivity contribution < 1.29 is 28.6 Å². The number of allylic oxidation sites excluding steroid dienone is 22. The molecule has 0 N–H and O–H groups in total. The van der Waals surface area contributed by atoms with Crippen LogP contribution >= 0.6 is 0 Å². The number of hydrogen-bond acceptors (Lipinski definition) is 6. The van der Waals surface area contributed by atoms with Crippen LogP contribution < -0.4 is 0 Å². The highest BCUT2D eigenvalue weighted by atomic mass is 16.6. The van der Waals surface area contributed by atoms with Crippen LogP contribution in [0.5, 0.6) is 0 Å². The fraction of sp³-hybridized carbons (Fsp3) is 0.627. The molecule has 412 valence electrons. The molecule has 0 aliphatic heterocycles. The van der Waals surface area contributed by atoms with Gasteiger partial charge >= 0.3 is 17.9 Å². The lowest BCUT2D eigenvalue weighted by Gasteiger charge is -2.18. The van der Waals surface area contributed by atoms with Crippen molar-refractivity contribution in [2.75, 3.05) is 13.2 Å². The molecule has 0 fully saturated rings. The lowest BCUT2D eigenvalue weighted by molar-refractivity contribution is -0.167. The molecular weight excluding hydrogens is 901 g/mol. The number of hydrogen-bond donors (Lipinski definition) is 0.